The number of hydrogen-bond acceptors (Lipinski definition) is 4. The molecule has 1 aromatic carbocycles. The van der Waals surface area contributed by atoms with E-state index in [1.807, 2.05) is 0 Å². The van der Waals surface area contributed by atoms with Crippen LogP contribution in [0.5, 0.6) is 0 Å². The number of anilines is 1. The number of nitrogens with two attached hydrogens (primary N) is 1. The lowest BCUT2D eigenvalue weighted by atomic mass is 10.2. The molecular formula is C10H8ClFN4O2. The quantitative estimate of drug-likeness (QED) is 0.684. The molecule has 18 heavy (non-hydrogen) atoms. The van der Waals surface area contributed by atoms with E-state index in [4.69, 9.17) is 17.3 Å². The van der Waals surface area contributed by atoms with Crippen LogP contribution in [-0.2, 0) is 6.54 Å². The van der Waals surface area contributed by atoms with E-state index in [-0.39, 0.29) is 28.6 Å². The van der Waals surface area contributed by atoms with Crippen LogP contribution < -0.4 is 5.73 Å². The van der Waals surface area contributed by atoms with E-state index < -0.39 is 10.7 Å². The van der Waals surface area contributed by atoms with Crippen molar-refractivity contribution in [1.29, 1.82) is 0 Å². The van der Waals surface area contributed by atoms with Gasteiger partial charge in [0.25, 0.3) is 0 Å². The lowest BCUT2D eigenvalue weighted by Crippen LogP contribution is -2.08. The molecule has 0 fully saturated rings. The summed E-state index contributed by atoms with van der Waals surface area (Å²) in [4.78, 5) is 9.94. The van der Waals surface area contributed by atoms with Crippen molar-refractivity contribution in [3.8, 4) is 0 Å². The first kappa shape index (κ1) is 12.3. The van der Waals surface area contributed by atoms with E-state index in [2.05, 4.69) is 5.10 Å². The molecule has 2 N–H and O–H groups in total. The van der Waals surface area contributed by atoms with Gasteiger partial charge in [0.1, 0.15) is 12.0 Å². The summed E-state index contributed by atoms with van der Waals surface area (Å²) in [6, 6.07) is 4.24. The zero-order valence-corrected chi connectivity index (χ0v) is 9.76. The summed E-state index contributed by atoms with van der Waals surface area (Å²) >= 11 is 5.85. The van der Waals surface area contributed by atoms with Crippen molar-refractivity contribution in [2.75, 3.05) is 5.73 Å². The fourth-order valence-corrected chi connectivity index (χ4v) is 1.71. The molecule has 0 radical (unpaired) electrons. The zero-order chi connectivity index (χ0) is 13.3. The third kappa shape index (κ3) is 2.12. The van der Waals surface area contributed by atoms with Crippen LogP contribution in [0, 0.1) is 15.9 Å². The second-order valence-corrected chi connectivity index (χ2v) is 3.94. The molecule has 94 valence electrons. The number of nitro groups is 1. The first-order valence-electron chi connectivity index (χ1n) is 4.89. The van der Waals surface area contributed by atoms with Gasteiger partial charge in [-0.25, -0.2) is 9.07 Å². The Kier molecular flexibility index (Phi) is 3.15. The number of nitrogen functional groups attached to an aromatic ring is 1. The maximum Gasteiger partial charge on any atom is 0.330 e. The zero-order valence-electron chi connectivity index (χ0n) is 9.01. The van der Waals surface area contributed by atoms with Crippen LogP contribution in [-0.4, -0.2) is 14.7 Å². The van der Waals surface area contributed by atoms with Crippen LogP contribution >= 0.6 is 11.6 Å². The van der Waals surface area contributed by atoms with Crippen molar-refractivity contribution >= 4 is 23.1 Å². The molecule has 0 amide bonds. The van der Waals surface area contributed by atoms with E-state index >= 15 is 0 Å². The van der Waals surface area contributed by atoms with E-state index in [0.717, 1.165) is 10.9 Å². The third-order valence-electron chi connectivity index (χ3n) is 2.43. The summed E-state index contributed by atoms with van der Waals surface area (Å²) in [5, 5.41) is 14.5. The van der Waals surface area contributed by atoms with Crippen molar-refractivity contribution in [3.63, 3.8) is 0 Å². The molecule has 0 atom stereocenters. The van der Waals surface area contributed by atoms with Crippen LogP contribution in [0.15, 0.2) is 24.4 Å². The van der Waals surface area contributed by atoms with Gasteiger partial charge in [-0.2, -0.15) is 5.10 Å². The third-order valence-corrected chi connectivity index (χ3v) is 2.78. The number of aromatic nitrogens is 2. The second-order valence-electron chi connectivity index (χ2n) is 3.53. The smallest absolute Gasteiger partial charge is 0.330 e. The van der Waals surface area contributed by atoms with E-state index in [9.17, 15) is 14.5 Å². The molecule has 0 aliphatic heterocycles. The normalized spacial score (nSPS) is 10.6. The molecule has 0 bridgehead atoms. The van der Waals surface area contributed by atoms with Gasteiger partial charge in [-0.3, -0.25) is 10.1 Å². The Labute approximate surface area is 106 Å². The first-order valence-corrected chi connectivity index (χ1v) is 5.27. The average Bonchev–Trinajstić information content (AvgIpc) is 2.66. The first-order chi connectivity index (χ1) is 8.50. The van der Waals surface area contributed by atoms with Gasteiger partial charge in [-0.15, -0.1) is 0 Å². The van der Waals surface area contributed by atoms with Gasteiger partial charge in [0, 0.05) is 10.6 Å². The minimum Gasteiger partial charge on any atom is -0.378 e. The van der Waals surface area contributed by atoms with Crippen molar-refractivity contribution in [2.45, 2.75) is 6.54 Å². The molecule has 2 rings (SSSR count). The molecule has 6 nitrogen and oxygen atoms in total. The van der Waals surface area contributed by atoms with Crippen molar-refractivity contribution in [3.05, 3.63) is 50.9 Å². The number of benzene rings is 1. The monoisotopic (exact) mass is 270 g/mol. The van der Waals surface area contributed by atoms with Crippen molar-refractivity contribution in [1.82, 2.24) is 9.78 Å². The van der Waals surface area contributed by atoms with E-state index in [1.54, 1.807) is 0 Å². The summed E-state index contributed by atoms with van der Waals surface area (Å²) in [6.07, 6.45) is 1.02. The molecule has 8 heteroatoms. The molecular weight excluding hydrogens is 263 g/mol. The minimum atomic E-state index is -0.651. The van der Waals surface area contributed by atoms with Gasteiger partial charge in [0.05, 0.1) is 11.5 Å². The summed E-state index contributed by atoms with van der Waals surface area (Å²) in [5.74, 6) is -0.653. The molecule has 0 aliphatic rings. The maximum atomic E-state index is 13.5. The summed E-state index contributed by atoms with van der Waals surface area (Å²) in [7, 11) is 0. The van der Waals surface area contributed by atoms with Crippen molar-refractivity contribution < 1.29 is 9.31 Å². The number of hydrogen-bond donors (Lipinski definition) is 1. The standard InChI is InChI=1S/C10H8ClFN4O2/c11-7-2-1-3-8(12)6(7)5-15-10(13)9(4-14-15)16(17)18/h1-4H,5,13H2. The molecule has 0 saturated heterocycles. The molecule has 0 saturated carbocycles. The van der Waals surface area contributed by atoms with Crippen LogP contribution in [0.4, 0.5) is 15.9 Å². The summed E-state index contributed by atoms with van der Waals surface area (Å²) in [6.45, 7) is -0.0643. The Bertz CT molecular complexity index is 594. The Hall–Kier alpha value is -2.15. The van der Waals surface area contributed by atoms with Crippen LogP contribution in [0.3, 0.4) is 0 Å². The molecule has 0 unspecified atom stereocenters. The van der Waals surface area contributed by atoms with Gasteiger partial charge in [0.15, 0.2) is 0 Å². The fourth-order valence-electron chi connectivity index (χ4n) is 1.48. The largest absolute Gasteiger partial charge is 0.378 e. The van der Waals surface area contributed by atoms with Gasteiger partial charge in [0.2, 0.25) is 5.82 Å². The number of nitrogens with zero attached hydrogens (tertiary/aromatic N) is 3. The minimum absolute atomic E-state index is 0.0643. The molecule has 1 aromatic heterocycles. The summed E-state index contributed by atoms with van der Waals surface area (Å²) < 4.78 is 14.7. The predicted molar refractivity (Wildman–Crippen MR) is 63.8 cm³/mol. The van der Waals surface area contributed by atoms with Gasteiger partial charge in [-0.05, 0) is 12.1 Å². The van der Waals surface area contributed by atoms with Crippen LogP contribution in [0.25, 0.3) is 0 Å². The highest BCUT2D eigenvalue weighted by atomic mass is 35.5. The fraction of sp³-hybridized carbons (Fsp3) is 0.100. The highest BCUT2D eigenvalue weighted by molar-refractivity contribution is 6.31. The molecule has 1 heterocycles. The molecule has 0 aliphatic carbocycles. The van der Waals surface area contributed by atoms with Gasteiger partial charge >= 0.3 is 5.69 Å². The van der Waals surface area contributed by atoms with Gasteiger partial charge in [-0.1, -0.05) is 17.7 Å². The number of halogens is 2. The Balaban J connectivity index is 2.38. The second kappa shape index (κ2) is 4.61. The Morgan fingerprint density at radius 2 is 2.28 bits per heavy atom. The Morgan fingerprint density at radius 3 is 2.83 bits per heavy atom. The van der Waals surface area contributed by atoms with Gasteiger partial charge < -0.3 is 5.73 Å². The van der Waals surface area contributed by atoms with Crippen molar-refractivity contribution in [2.24, 2.45) is 0 Å². The lowest BCUT2D eigenvalue weighted by molar-refractivity contribution is -0.384. The van der Waals surface area contributed by atoms with E-state index in [1.165, 1.54) is 18.2 Å². The number of rotatable bonds is 3. The highest BCUT2D eigenvalue weighted by Gasteiger charge is 2.19. The topological polar surface area (TPSA) is 87.0 Å². The summed E-state index contributed by atoms with van der Waals surface area (Å²) in [5.41, 5.74) is 5.41. The predicted octanol–water partition coefficient (Wildman–Crippen LogP) is 2.21. The molecule has 2 aromatic rings. The SMILES string of the molecule is Nc1c([N+](=O)[O-])cnn1Cc1c(F)cccc1Cl. The molecule has 0 spiro atoms. The van der Waals surface area contributed by atoms with Crippen LogP contribution in [0.2, 0.25) is 5.02 Å². The Morgan fingerprint density at radius 1 is 1.56 bits per heavy atom. The maximum absolute atomic E-state index is 13.5. The average molecular weight is 271 g/mol. The van der Waals surface area contributed by atoms with Crippen LogP contribution in [0.1, 0.15) is 5.56 Å². The highest BCUT2D eigenvalue weighted by Crippen LogP contribution is 2.24. The lowest BCUT2D eigenvalue weighted by Gasteiger charge is -2.06. The van der Waals surface area contributed by atoms with E-state index in [0.29, 0.717) is 0 Å².